The molecule has 0 amide bonds. The van der Waals surface area contributed by atoms with Crippen LogP contribution in [0.3, 0.4) is 0 Å². The van der Waals surface area contributed by atoms with Gasteiger partial charge >= 0.3 is 0 Å². The highest BCUT2D eigenvalue weighted by atomic mass is 16.3. The summed E-state index contributed by atoms with van der Waals surface area (Å²) in [5, 5.41) is 9.40. The Kier molecular flexibility index (Phi) is 3.63. The fraction of sp³-hybridized carbons (Fsp3) is 0.667. The molecule has 0 radical (unpaired) electrons. The van der Waals surface area contributed by atoms with E-state index in [1.165, 1.54) is 0 Å². The van der Waals surface area contributed by atoms with E-state index in [4.69, 9.17) is 4.42 Å². The van der Waals surface area contributed by atoms with Gasteiger partial charge in [0, 0.05) is 25.2 Å². The minimum atomic E-state index is 0.206. The van der Waals surface area contributed by atoms with Gasteiger partial charge in [0.25, 0.3) is 0 Å². The topological polar surface area (TPSA) is 39.9 Å². The Balaban J connectivity index is 2.01. The van der Waals surface area contributed by atoms with Gasteiger partial charge in [-0.05, 0) is 26.1 Å². The molecule has 0 saturated carbocycles. The van der Waals surface area contributed by atoms with Gasteiger partial charge in [0.1, 0.15) is 5.76 Å². The van der Waals surface area contributed by atoms with E-state index in [2.05, 4.69) is 23.8 Å². The molecule has 2 heterocycles. The summed E-state index contributed by atoms with van der Waals surface area (Å²) in [6.45, 7) is 5.09. The molecule has 16 heavy (non-hydrogen) atoms. The van der Waals surface area contributed by atoms with Crippen molar-refractivity contribution in [2.24, 2.45) is 0 Å². The van der Waals surface area contributed by atoms with Crippen molar-refractivity contribution in [2.45, 2.75) is 25.6 Å². The highest BCUT2D eigenvalue weighted by Gasteiger charge is 2.29. The molecule has 1 N–H and O–H groups in total. The van der Waals surface area contributed by atoms with Gasteiger partial charge in [-0.15, -0.1) is 0 Å². The number of nitrogens with zero attached hydrogens (tertiary/aromatic N) is 2. The molecule has 0 spiro atoms. The Bertz CT molecular complexity index is 313. The molecular formula is C12H20N2O2. The maximum Gasteiger partial charge on any atom is 0.117 e. The van der Waals surface area contributed by atoms with E-state index < -0.39 is 0 Å². The molecule has 2 atom stereocenters. The van der Waals surface area contributed by atoms with Gasteiger partial charge in [-0.2, -0.15) is 0 Å². The Morgan fingerprint density at radius 2 is 2.31 bits per heavy atom. The monoisotopic (exact) mass is 224 g/mol. The molecule has 0 bridgehead atoms. The predicted molar refractivity (Wildman–Crippen MR) is 62.1 cm³/mol. The Hall–Kier alpha value is -0.840. The molecule has 4 nitrogen and oxygen atoms in total. The van der Waals surface area contributed by atoms with Gasteiger partial charge in [0.2, 0.25) is 0 Å². The van der Waals surface area contributed by atoms with E-state index in [1.54, 1.807) is 6.26 Å². The summed E-state index contributed by atoms with van der Waals surface area (Å²) in [4.78, 5) is 4.59. The number of hydrogen-bond acceptors (Lipinski definition) is 4. The van der Waals surface area contributed by atoms with E-state index in [1.807, 2.05) is 12.1 Å². The van der Waals surface area contributed by atoms with Crippen molar-refractivity contribution in [1.82, 2.24) is 9.80 Å². The first-order valence-electron chi connectivity index (χ1n) is 5.78. The third-order valence-corrected chi connectivity index (χ3v) is 3.42. The van der Waals surface area contributed by atoms with Crippen molar-refractivity contribution in [2.75, 3.05) is 26.7 Å². The molecule has 4 heteroatoms. The lowest BCUT2D eigenvalue weighted by Crippen LogP contribution is -2.56. The summed E-state index contributed by atoms with van der Waals surface area (Å²) in [6.07, 6.45) is 1.70. The molecule has 0 aliphatic carbocycles. The molecule has 0 aromatic carbocycles. The number of aliphatic hydroxyl groups is 1. The smallest absolute Gasteiger partial charge is 0.117 e. The summed E-state index contributed by atoms with van der Waals surface area (Å²) in [7, 11) is 2.11. The minimum Gasteiger partial charge on any atom is -0.468 e. The summed E-state index contributed by atoms with van der Waals surface area (Å²) >= 11 is 0. The van der Waals surface area contributed by atoms with Crippen LogP contribution in [0, 0.1) is 0 Å². The second kappa shape index (κ2) is 4.99. The number of likely N-dealkylation sites (N-methyl/N-ethyl adjacent to an activating group) is 1. The van der Waals surface area contributed by atoms with Crippen LogP contribution in [-0.4, -0.2) is 53.7 Å². The van der Waals surface area contributed by atoms with Gasteiger partial charge in [0.05, 0.1) is 19.4 Å². The largest absolute Gasteiger partial charge is 0.468 e. The van der Waals surface area contributed by atoms with E-state index in [0.29, 0.717) is 6.04 Å². The van der Waals surface area contributed by atoms with Crippen LogP contribution in [0.25, 0.3) is 0 Å². The number of rotatable bonds is 3. The average molecular weight is 224 g/mol. The SMILES string of the molecule is CC1CN(Cc2ccco2)C(CO)CN1C. The van der Waals surface area contributed by atoms with Crippen molar-refractivity contribution < 1.29 is 9.52 Å². The zero-order valence-electron chi connectivity index (χ0n) is 9.97. The van der Waals surface area contributed by atoms with Crippen LogP contribution in [0.1, 0.15) is 12.7 Å². The van der Waals surface area contributed by atoms with Crippen molar-refractivity contribution in [3.8, 4) is 0 Å². The van der Waals surface area contributed by atoms with Crippen LogP contribution in [0.2, 0.25) is 0 Å². The molecule has 1 saturated heterocycles. The molecule has 1 aromatic heterocycles. The van der Waals surface area contributed by atoms with E-state index in [-0.39, 0.29) is 12.6 Å². The van der Waals surface area contributed by atoms with Crippen LogP contribution >= 0.6 is 0 Å². The lowest BCUT2D eigenvalue weighted by atomic mass is 10.1. The van der Waals surface area contributed by atoms with Gasteiger partial charge in [-0.25, -0.2) is 0 Å². The molecule has 1 aliphatic heterocycles. The lowest BCUT2D eigenvalue weighted by Gasteiger charge is -2.42. The summed E-state index contributed by atoms with van der Waals surface area (Å²) in [6, 6.07) is 4.63. The van der Waals surface area contributed by atoms with Crippen LogP contribution < -0.4 is 0 Å². The van der Waals surface area contributed by atoms with Gasteiger partial charge in [-0.3, -0.25) is 4.90 Å². The second-order valence-corrected chi connectivity index (χ2v) is 4.63. The van der Waals surface area contributed by atoms with Crippen LogP contribution in [-0.2, 0) is 6.54 Å². The fourth-order valence-corrected chi connectivity index (χ4v) is 2.23. The second-order valence-electron chi connectivity index (χ2n) is 4.63. The lowest BCUT2D eigenvalue weighted by molar-refractivity contribution is 0.0138. The standard InChI is InChI=1S/C12H20N2O2/c1-10-6-14(8-12-4-3-5-16-12)11(9-15)7-13(10)2/h3-5,10-11,15H,6-9H2,1-2H3. The maximum atomic E-state index is 9.40. The van der Waals surface area contributed by atoms with Gasteiger partial charge in [0.15, 0.2) is 0 Å². The molecule has 2 unspecified atom stereocenters. The molecule has 1 aliphatic rings. The molecule has 1 fully saturated rings. The van der Waals surface area contributed by atoms with E-state index in [0.717, 1.165) is 25.4 Å². The van der Waals surface area contributed by atoms with Crippen molar-refractivity contribution in [1.29, 1.82) is 0 Å². The zero-order chi connectivity index (χ0) is 11.5. The van der Waals surface area contributed by atoms with Crippen molar-refractivity contribution >= 4 is 0 Å². The van der Waals surface area contributed by atoms with Crippen LogP contribution in [0.5, 0.6) is 0 Å². The molecular weight excluding hydrogens is 204 g/mol. The zero-order valence-corrected chi connectivity index (χ0v) is 9.97. The van der Waals surface area contributed by atoms with Gasteiger partial charge < -0.3 is 14.4 Å². The van der Waals surface area contributed by atoms with Gasteiger partial charge in [-0.1, -0.05) is 0 Å². The summed E-state index contributed by atoms with van der Waals surface area (Å²) < 4.78 is 5.35. The Labute approximate surface area is 96.5 Å². The predicted octanol–water partition coefficient (Wildman–Crippen LogP) is 0.776. The number of aliphatic hydroxyl groups excluding tert-OH is 1. The third kappa shape index (κ3) is 2.45. The van der Waals surface area contributed by atoms with Crippen molar-refractivity contribution in [3.63, 3.8) is 0 Å². The molecule has 2 rings (SSSR count). The first-order chi connectivity index (χ1) is 7.70. The average Bonchev–Trinajstić information content (AvgIpc) is 2.76. The number of hydrogen-bond donors (Lipinski definition) is 1. The third-order valence-electron chi connectivity index (χ3n) is 3.42. The Morgan fingerprint density at radius 1 is 1.50 bits per heavy atom. The number of piperazine rings is 1. The molecule has 1 aromatic rings. The van der Waals surface area contributed by atoms with E-state index >= 15 is 0 Å². The highest BCUT2D eigenvalue weighted by Crippen LogP contribution is 2.16. The van der Waals surface area contributed by atoms with Crippen molar-refractivity contribution in [3.05, 3.63) is 24.2 Å². The van der Waals surface area contributed by atoms with E-state index in [9.17, 15) is 5.11 Å². The Morgan fingerprint density at radius 3 is 2.94 bits per heavy atom. The fourth-order valence-electron chi connectivity index (χ4n) is 2.23. The first-order valence-corrected chi connectivity index (χ1v) is 5.78. The first kappa shape index (κ1) is 11.6. The molecule has 90 valence electrons. The summed E-state index contributed by atoms with van der Waals surface area (Å²) in [5.74, 6) is 0.968. The minimum absolute atomic E-state index is 0.206. The van der Waals surface area contributed by atoms with Crippen LogP contribution in [0.4, 0.5) is 0 Å². The normalized spacial score (nSPS) is 28.4. The highest BCUT2D eigenvalue weighted by molar-refractivity contribution is 4.99. The summed E-state index contributed by atoms with van der Waals surface area (Å²) in [5.41, 5.74) is 0. The van der Waals surface area contributed by atoms with Crippen LogP contribution in [0.15, 0.2) is 22.8 Å². The number of furan rings is 1. The maximum absolute atomic E-state index is 9.40. The quantitative estimate of drug-likeness (QED) is 0.823.